The van der Waals surface area contributed by atoms with Crippen molar-refractivity contribution in [3.05, 3.63) is 58.9 Å². The number of aryl methyl sites for hydroxylation is 1. The van der Waals surface area contributed by atoms with Crippen LogP contribution >= 0.6 is 0 Å². The molecule has 0 radical (unpaired) electrons. The second kappa shape index (κ2) is 7.90. The zero-order valence-corrected chi connectivity index (χ0v) is 17.8. The van der Waals surface area contributed by atoms with E-state index in [-0.39, 0.29) is 18.1 Å². The summed E-state index contributed by atoms with van der Waals surface area (Å²) < 4.78 is 27.6. The summed E-state index contributed by atoms with van der Waals surface area (Å²) in [6, 6.07) is 6.73. The number of carbonyl (C=O) groups is 1. The predicted molar refractivity (Wildman–Crippen MR) is 114 cm³/mol. The first-order valence-electron chi connectivity index (χ1n) is 10.1. The van der Waals surface area contributed by atoms with Crippen LogP contribution in [-0.4, -0.2) is 44.0 Å². The van der Waals surface area contributed by atoms with Crippen LogP contribution in [0, 0.1) is 24.1 Å². The van der Waals surface area contributed by atoms with Gasteiger partial charge in [0, 0.05) is 30.3 Å². The second-order valence-electron chi connectivity index (χ2n) is 7.43. The van der Waals surface area contributed by atoms with E-state index in [1.54, 1.807) is 23.5 Å². The number of benzene rings is 1. The smallest absolute Gasteiger partial charge is 0.434 e. The minimum atomic E-state index is -0.666. The Morgan fingerprint density at radius 2 is 2.27 bits per heavy atom. The number of hydrogen-bond donors (Lipinski definition) is 1. The van der Waals surface area contributed by atoms with Gasteiger partial charge in [0.15, 0.2) is 11.3 Å². The molecular weight excluding hydrogens is 429 g/mol. The average Bonchev–Trinajstić information content (AvgIpc) is 3.55. The van der Waals surface area contributed by atoms with Gasteiger partial charge in [0.25, 0.3) is 0 Å². The molecule has 0 amide bonds. The highest BCUT2D eigenvalue weighted by atomic mass is 19.1. The number of halogens is 1. The molecular formula is C22H18FN7O3. The van der Waals surface area contributed by atoms with Crippen molar-refractivity contribution in [2.24, 2.45) is 0 Å². The normalized spacial score (nSPS) is 12.3. The number of rotatable bonds is 4. The Labute approximate surface area is 187 Å². The van der Waals surface area contributed by atoms with Gasteiger partial charge < -0.3 is 14.8 Å². The molecule has 11 heteroatoms. The Bertz CT molecular complexity index is 1450. The van der Waals surface area contributed by atoms with Gasteiger partial charge in [0.1, 0.15) is 17.6 Å². The van der Waals surface area contributed by atoms with Crippen molar-refractivity contribution in [1.82, 2.24) is 24.1 Å². The number of carbonyl (C=O) groups excluding carboxylic acids is 1. The van der Waals surface area contributed by atoms with E-state index in [1.165, 1.54) is 25.6 Å². The first-order chi connectivity index (χ1) is 16.0. The molecule has 0 saturated heterocycles. The lowest BCUT2D eigenvalue weighted by molar-refractivity contribution is 0.169. The van der Waals surface area contributed by atoms with E-state index in [1.807, 2.05) is 6.07 Å². The largest absolute Gasteiger partial charge is 0.493 e. The lowest BCUT2D eigenvalue weighted by atomic mass is 10.0. The maximum atomic E-state index is 14.5. The minimum absolute atomic E-state index is 0.160. The van der Waals surface area contributed by atoms with Gasteiger partial charge in [0.05, 0.1) is 36.9 Å². The molecule has 33 heavy (non-hydrogen) atoms. The Morgan fingerprint density at radius 3 is 3.06 bits per heavy atom. The molecule has 0 bridgehead atoms. The number of aromatic nitrogens is 5. The van der Waals surface area contributed by atoms with Crippen LogP contribution in [0.3, 0.4) is 0 Å². The lowest BCUT2D eigenvalue weighted by Crippen LogP contribution is -2.15. The monoisotopic (exact) mass is 447 g/mol. The van der Waals surface area contributed by atoms with Gasteiger partial charge in [-0.1, -0.05) is 0 Å². The van der Waals surface area contributed by atoms with Crippen LogP contribution in [0.15, 0.2) is 30.6 Å². The highest BCUT2D eigenvalue weighted by molar-refractivity contribution is 5.83. The third-order valence-corrected chi connectivity index (χ3v) is 5.42. The maximum Gasteiger partial charge on any atom is 0.434 e. The molecule has 3 aromatic heterocycles. The lowest BCUT2D eigenvalue weighted by Gasteiger charge is -2.13. The molecule has 0 saturated carbocycles. The molecule has 166 valence electrons. The van der Waals surface area contributed by atoms with Crippen molar-refractivity contribution in [1.29, 1.82) is 5.26 Å². The topological polar surface area (TPSA) is 119 Å². The van der Waals surface area contributed by atoms with E-state index < -0.39 is 6.09 Å². The molecule has 4 heterocycles. The van der Waals surface area contributed by atoms with E-state index in [9.17, 15) is 14.4 Å². The first kappa shape index (κ1) is 20.4. The van der Waals surface area contributed by atoms with Gasteiger partial charge in [-0.2, -0.15) is 15.0 Å². The molecule has 4 aromatic rings. The number of nitrogens with zero attached hydrogens (tertiary/aromatic N) is 6. The number of fused-ring (bicyclic) bond motifs is 2. The van der Waals surface area contributed by atoms with Crippen molar-refractivity contribution in [3.63, 3.8) is 0 Å². The number of nitrogens with one attached hydrogen (secondary N) is 1. The number of methoxy groups -OCH3 is 1. The number of hydrogen-bond acceptors (Lipinski definition) is 8. The highest BCUT2D eigenvalue weighted by Crippen LogP contribution is 2.31. The number of anilines is 1. The predicted octanol–water partition coefficient (Wildman–Crippen LogP) is 3.07. The van der Waals surface area contributed by atoms with Crippen molar-refractivity contribution in [2.75, 3.05) is 19.0 Å². The van der Waals surface area contributed by atoms with Crippen molar-refractivity contribution < 1.29 is 18.7 Å². The van der Waals surface area contributed by atoms with Crippen molar-refractivity contribution in [2.45, 2.75) is 19.9 Å². The van der Waals surface area contributed by atoms with E-state index in [2.05, 4.69) is 20.4 Å². The summed E-state index contributed by atoms with van der Waals surface area (Å²) in [5.41, 5.74) is 3.37. The van der Waals surface area contributed by atoms with E-state index >= 15 is 0 Å². The van der Waals surface area contributed by atoms with Crippen LogP contribution in [0.25, 0.3) is 16.9 Å². The molecule has 0 aliphatic carbocycles. The Kier molecular flexibility index (Phi) is 4.90. The van der Waals surface area contributed by atoms with Gasteiger partial charge >= 0.3 is 6.09 Å². The molecule has 5 rings (SSSR count). The first-order valence-corrected chi connectivity index (χ1v) is 10.1. The van der Waals surface area contributed by atoms with Crippen LogP contribution < -0.4 is 10.1 Å². The summed E-state index contributed by atoms with van der Waals surface area (Å²) in [7, 11) is 1.26. The molecule has 0 atom stereocenters. The van der Waals surface area contributed by atoms with Gasteiger partial charge in [-0.15, -0.1) is 0 Å². The molecule has 1 aromatic carbocycles. The van der Waals surface area contributed by atoms with E-state index in [0.29, 0.717) is 52.9 Å². The van der Waals surface area contributed by atoms with Crippen LogP contribution in [0.2, 0.25) is 0 Å². The Morgan fingerprint density at radius 1 is 1.42 bits per heavy atom. The standard InChI is InChI=1S/C22H18FN7O3/c1-12-7-18(30(28-12)22(31)32-2)16-10-26-21(29-11-13(8-24)27-20(16)29)25-9-15-14-5-6-33-19(14)4-3-17(15)23/h3-4,7,10-11H,5-6,9H2,1-2H3,(H,25,26). The zero-order valence-electron chi connectivity index (χ0n) is 17.8. The average molecular weight is 447 g/mol. The Balaban J connectivity index is 1.57. The van der Waals surface area contributed by atoms with Crippen LogP contribution in [0.4, 0.5) is 15.1 Å². The zero-order chi connectivity index (χ0) is 23.1. The number of ether oxygens (including phenoxy) is 2. The van der Waals surface area contributed by atoms with Gasteiger partial charge in [-0.25, -0.2) is 19.2 Å². The van der Waals surface area contributed by atoms with Crippen LogP contribution in [-0.2, 0) is 17.7 Å². The quantitative estimate of drug-likeness (QED) is 0.507. The summed E-state index contributed by atoms with van der Waals surface area (Å²) in [5.74, 6) is 0.711. The van der Waals surface area contributed by atoms with Crippen LogP contribution in [0.1, 0.15) is 22.5 Å². The van der Waals surface area contributed by atoms with E-state index in [0.717, 1.165) is 10.2 Å². The van der Waals surface area contributed by atoms with Crippen molar-refractivity contribution >= 4 is 17.7 Å². The summed E-state index contributed by atoms with van der Waals surface area (Å²) >= 11 is 0. The fourth-order valence-electron chi connectivity index (χ4n) is 3.93. The molecule has 1 N–H and O–H groups in total. The molecule has 0 unspecified atom stereocenters. The summed E-state index contributed by atoms with van der Waals surface area (Å²) in [5, 5.41) is 16.7. The second-order valence-corrected chi connectivity index (χ2v) is 7.43. The highest BCUT2D eigenvalue weighted by Gasteiger charge is 2.22. The van der Waals surface area contributed by atoms with Crippen LogP contribution in [0.5, 0.6) is 5.75 Å². The van der Waals surface area contributed by atoms with Gasteiger partial charge in [-0.05, 0) is 25.1 Å². The summed E-state index contributed by atoms with van der Waals surface area (Å²) in [6.45, 7) is 2.43. The van der Waals surface area contributed by atoms with Crippen molar-refractivity contribution in [3.8, 4) is 23.1 Å². The molecule has 10 nitrogen and oxygen atoms in total. The third-order valence-electron chi connectivity index (χ3n) is 5.42. The maximum absolute atomic E-state index is 14.5. The minimum Gasteiger partial charge on any atom is -0.493 e. The third kappa shape index (κ3) is 3.41. The molecule has 0 spiro atoms. The molecule has 1 aliphatic rings. The molecule has 0 fully saturated rings. The molecule has 1 aliphatic heterocycles. The fourth-order valence-corrected chi connectivity index (χ4v) is 3.93. The SMILES string of the molecule is COC(=O)n1nc(C)cc1-c1cnc(NCc2c(F)ccc3c2CCO3)n2cc(C#N)nc12. The number of imidazole rings is 1. The van der Waals surface area contributed by atoms with Gasteiger partial charge in [0.2, 0.25) is 5.95 Å². The summed E-state index contributed by atoms with van der Waals surface area (Å²) in [6.07, 6.45) is 3.01. The fraction of sp³-hybridized carbons (Fsp3) is 0.227. The van der Waals surface area contributed by atoms with Gasteiger partial charge in [-0.3, -0.25) is 4.40 Å². The Hall–Kier alpha value is -4.46. The summed E-state index contributed by atoms with van der Waals surface area (Å²) in [4.78, 5) is 21.0. The number of nitriles is 1. The van der Waals surface area contributed by atoms with E-state index in [4.69, 9.17) is 9.47 Å².